The van der Waals surface area contributed by atoms with E-state index in [0.29, 0.717) is 17.9 Å². The number of H-pyrrole nitrogens is 1. The molecule has 46 heavy (non-hydrogen) atoms. The Balaban J connectivity index is 1.42. The summed E-state index contributed by atoms with van der Waals surface area (Å²) in [6.07, 6.45) is 1.72. The first-order valence-electron chi connectivity index (χ1n) is 15.8. The molecule has 5 rings (SSSR count). The van der Waals surface area contributed by atoms with E-state index in [-0.39, 0.29) is 17.9 Å². The number of nitrogens with zero attached hydrogens (tertiary/aromatic N) is 1. The van der Waals surface area contributed by atoms with Crippen LogP contribution >= 0.6 is 0 Å². The average molecular weight is 638 g/mol. The Bertz CT molecular complexity index is 1900. The van der Waals surface area contributed by atoms with Gasteiger partial charge in [0.25, 0.3) is 16.0 Å². The zero-order valence-corrected chi connectivity index (χ0v) is 28.0. The number of benzene rings is 4. The third kappa shape index (κ3) is 8.50. The van der Waals surface area contributed by atoms with Gasteiger partial charge < -0.3 is 10.3 Å². The number of hydrogen-bond donors (Lipinski definition) is 3. The number of rotatable bonds is 11. The van der Waals surface area contributed by atoms with Crippen LogP contribution in [0.5, 0.6) is 0 Å². The number of carbonyl (C=O) groups excluding carboxylic acids is 1. The number of nitrogens with one attached hydrogen (secondary N) is 2. The van der Waals surface area contributed by atoms with Gasteiger partial charge in [-0.15, -0.1) is 0 Å². The molecule has 0 radical (unpaired) electrons. The molecule has 0 aliphatic carbocycles. The van der Waals surface area contributed by atoms with Crippen molar-refractivity contribution in [2.45, 2.75) is 58.8 Å². The summed E-state index contributed by atoms with van der Waals surface area (Å²) in [5.74, 6) is 0.499. The van der Waals surface area contributed by atoms with E-state index in [9.17, 15) is 13.2 Å². The molecule has 5 aromatic rings. The van der Waals surface area contributed by atoms with E-state index in [4.69, 9.17) is 9.54 Å². The smallest absolute Gasteiger partial charge is 0.266 e. The molecule has 3 N–H and O–H groups in total. The van der Waals surface area contributed by atoms with Crippen molar-refractivity contribution >= 4 is 27.1 Å². The van der Waals surface area contributed by atoms with Crippen molar-refractivity contribution in [2.24, 2.45) is 5.92 Å². The lowest BCUT2D eigenvalue weighted by Gasteiger charge is -2.21. The van der Waals surface area contributed by atoms with Crippen LogP contribution in [0.15, 0.2) is 91.0 Å². The lowest BCUT2D eigenvalue weighted by atomic mass is 9.84. The van der Waals surface area contributed by atoms with E-state index in [2.05, 4.69) is 112 Å². The third-order valence-electron chi connectivity index (χ3n) is 8.24. The monoisotopic (exact) mass is 637 g/mol. The molecule has 1 unspecified atom stereocenters. The van der Waals surface area contributed by atoms with Crippen molar-refractivity contribution in [1.29, 1.82) is 0 Å². The van der Waals surface area contributed by atoms with Crippen LogP contribution in [0.2, 0.25) is 0 Å². The second kappa shape index (κ2) is 13.6. The largest absolute Gasteiger partial charge is 0.351 e. The van der Waals surface area contributed by atoms with E-state index in [1.165, 1.54) is 16.7 Å². The fraction of sp³-hybridized carbons (Fsp3) is 0.316. The van der Waals surface area contributed by atoms with Crippen LogP contribution in [0.25, 0.3) is 22.2 Å². The standard InChI is InChI=1S/C38H43N3O4S/c1-25(2)22-26-6-10-28(11-7-26)31-16-19-34-35(24-31)41-36(40-34)33(29-14-17-32(18-15-29)38(3,4)5)23-27-8-12-30(13-9-27)37(42)39-20-21-46(43,44)45/h6-19,24-25,33H,20-23H2,1-5H3,(H,39,42)(H,40,41)(H,43,44,45). The van der Waals surface area contributed by atoms with Gasteiger partial charge >= 0.3 is 0 Å². The summed E-state index contributed by atoms with van der Waals surface area (Å²) in [6, 6.07) is 31.2. The molecule has 0 fully saturated rings. The second-order valence-corrected chi connectivity index (χ2v) is 15.1. The predicted molar refractivity (Wildman–Crippen MR) is 186 cm³/mol. The first kappa shape index (κ1) is 33.1. The quantitative estimate of drug-likeness (QED) is 0.128. The Morgan fingerprint density at radius 2 is 1.46 bits per heavy atom. The Labute approximate surface area is 272 Å². The second-order valence-electron chi connectivity index (χ2n) is 13.5. The Kier molecular flexibility index (Phi) is 9.79. The molecule has 0 saturated carbocycles. The van der Waals surface area contributed by atoms with Crippen LogP contribution < -0.4 is 5.32 Å². The van der Waals surface area contributed by atoms with E-state index in [1.54, 1.807) is 12.1 Å². The molecule has 1 aromatic heterocycles. The van der Waals surface area contributed by atoms with Crippen LogP contribution in [-0.4, -0.2) is 41.1 Å². The molecule has 1 atom stereocenters. The zero-order valence-electron chi connectivity index (χ0n) is 27.2. The van der Waals surface area contributed by atoms with E-state index < -0.39 is 21.8 Å². The highest BCUT2D eigenvalue weighted by molar-refractivity contribution is 7.85. The highest BCUT2D eigenvalue weighted by atomic mass is 32.2. The van der Waals surface area contributed by atoms with Crippen molar-refractivity contribution in [3.63, 3.8) is 0 Å². The minimum atomic E-state index is -4.14. The first-order chi connectivity index (χ1) is 21.7. The molecule has 0 bridgehead atoms. The van der Waals surface area contributed by atoms with Crippen molar-refractivity contribution in [2.75, 3.05) is 12.3 Å². The van der Waals surface area contributed by atoms with Gasteiger partial charge in [-0.1, -0.05) is 101 Å². The number of amides is 1. The summed E-state index contributed by atoms with van der Waals surface area (Å²) < 4.78 is 30.9. The number of fused-ring (bicyclic) bond motifs is 1. The van der Waals surface area contributed by atoms with E-state index in [0.717, 1.165) is 40.0 Å². The summed E-state index contributed by atoms with van der Waals surface area (Å²) in [5.41, 5.74) is 9.41. The normalized spacial score (nSPS) is 12.8. The van der Waals surface area contributed by atoms with Gasteiger partial charge in [-0.05, 0) is 81.8 Å². The molecule has 0 saturated heterocycles. The summed E-state index contributed by atoms with van der Waals surface area (Å²) in [7, 11) is -4.14. The van der Waals surface area contributed by atoms with Gasteiger partial charge in [0.05, 0.1) is 16.8 Å². The summed E-state index contributed by atoms with van der Waals surface area (Å²) in [4.78, 5) is 21.2. The molecular weight excluding hydrogens is 595 g/mol. The van der Waals surface area contributed by atoms with Gasteiger partial charge in [-0.2, -0.15) is 8.42 Å². The number of aromatic amines is 1. The molecular formula is C38H43N3O4S. The maximum atomic E-state index is 12.5. The van der Waals surface area contributed by atoms with E-state index in [1.807, 2.05) is 12.1 Å². The van der Waals surface area contributed by atoms with Crippen molar-refractivity contribution < 1.29 is 17.8 Å². The predicted octanol–water partition coefficient (Wildman–Crippen LogP) is 7.72. The van der Waals surface area contributed by atoms with Gasteiger partial charge in [0.15, 0.2) is 0 Å². The van der Waals surface area contributed by atoms with Crippen LogP contribution in [0.4, 0.5) is 0 Å². The minimum Gasteiger partial charge on any atom is -0.351 e. The fourth-order valence-corrected chi connectivity index (χ4v) is 6.05. The Hall–Kier alpha value is -4.27. The summed E-state index contributed by atoms with van der Waals surface area (Å²) in [6.45, 7) is 10.9. The average Bonchev–Trinajstić information content (AvgIpc) is 3.42. The summed E-state index contributed by atoms with van der Waals surface area (Å²) in [5, 5.41) is 2.53. The number of aromatic nitrogens is 2. The SMILES string of the molecule is CC(C)Cc1ccc(-c2ccc3nc(C(Cc4ccc(C(=O)NCCS(=O)(=O)O)cc4)c4ccc(C(C)(C)C)cc4)[nH]c3c2)cc1. The van der Waals surface area contributed by atoms with Crippen molar-refractivity contribution in [3.05, 3.63) is 125 Å². The van der Waals surface area contributed by atoms with Gasteiger partial charge in [0.1, 0.15) is 5.82 Å². The van der Waals surface area contributed by atoms with E-state index >= 15 is 0 Å². The van der Waals surface area contributed by atoms with Gasteiger partial charge in [0.2, 0.25) is 0 Å². The van der Waals surface area contributed by atoms with Crippen molar-refractivity contribution in [1.82, 2.24) is 15.3 Å². The Morgan fingerprint density at radius 3 is 2.07 bits per heavy atom. The molecule has 0 spiro atoms. The lowest BCUT2D eigenvalue weighted by molar-refractivity contribution is 0.0956. The van der Waals surface area contributed by atoms with Crippen LogP contribution in [0, 0.1) is 5.92 Å². The molecule has 1 amide bonds. The maximum Gasteiger partial charge on any atom is 0.266 e. The van der Waals surface area contributed by atoms with Crippen LogP contribution in [-0.2, 0) is 28.4 Å². The number of carbonyl (C=O) groups is 1. The highest BCUT2D eigenvalue weighted by Gasteiger charge is 2.21. The molecule has 8 heteroatoms. The maximum absolute atomic E-state index is 12.5. The first-order valence-corrected chi connectivity index (χ1v) is 17.4. The molecule has 0 aliphatic heterocycles. The molecule has 7 nitrogen and oxygen atoms in total. The number of imidazole rings is 1. The number of hydrogen-bond acceptors (Lipinski definition) is 4. The van der Waals surface area contributed by atoms with Gasteiger partial charge in [-0.3, -0.25) is 9.35 Å². The third-order valence-corrected chi connectivity index (χ3v) is 8.96. The van der Waals surface area contributed by atoms with Gasteiger partial charge in [-0.25, -0.2) is 4.98 Å². The lowest BCUT2D eigenvalue weighted by Crippen LogP contribution is -2.28. The molecule has 4 aromatic carbocycles. The molecule has 1 heterocycles. The van der Waals surface area contributed by atoms with Crippen molar-refractivity contribution in [3.8, 4) is 11.1 Å². The zero-order chi connectivity index (χ0) is 33.1. The summed E-state index contributed by atoms with van der Waals surface area (Å²) >= 11 is 0. The Morgan fingerprint density at radius 1 is 0.848 bits per heavy atom. The van der Waals surface area contributed by atoms with Gasteiger partial charge in [0, 0.05) is 18.0 Å². The van der Waals surface area contributed by atoms with Crippen LogP contribution in [0.3, 0.4) is 0 Å². The minimum absolute atomic E-state index is 0.0363. The molecule has 240 valence electrons. The topological polar surface area (TPSA) is 112 Å². The fourth-order valence-electron chi connectivity index (χ4n) is 5.69. The molecule has 0 aliphatic rings. The highest BCUT2D eigenvalue weighted by Crippen LogP contribution is 2.32. The van der Waals surface area contributed by atoms with Crippen LogP contribution in [0.1, 0.15) is 79.0 Å².